The Hall–Kier alpha value is -0.790. The largest absolute Gasteiger partial charge is 0.424 e. The maximum atomic E-state index is 11.9. The second-order valence-electron chi connectivity index (χ2n) is 4.21. The fraction of sp³-hybridized carbons (Fsp3) is 0.538. The van der Waals surface area contributed by atoms with Crippen LogP contribution in [-0.2, 0) is 11.0 Å². The first-order valence-corrected chi connectivity index (χ1v) is 7.86. The molecular weight excluding hydrogens is 235 g/mol. The van der Waals surface area contributed by atoms with E-state index in [1.807, 2.05) is 32.9 Å². The lowest BCUT2D eigenvalue weighted by Crippen LogP contribution is -2.00. The predicted molar refractivity (Wildman–Crippen MR) is 70.8 cm³/mol. The van der Waals surface area contributed by atoms with Gasteiger partial charge in [-0.3, -0.25) is 0 Å². The van der Waals surface area contributed by atoms with Crippen LogP contribution in [0.4, 0.5) is 0 Å². The third-order valence-corrected chi connectivity index (χ3v) is 4.12. The summed E-state index contributed by atoms with van der Waals surface area (Å²) in [5.74, 6) is 0.550. The van der Waals surface area contributed by atoms with Gasteiger partial charge in [-0.1, -0.05) is 32.4 Å². The van der Waals surface area contributed by atoms with E-state index in [2.05, 4.69) is 0 Å². The van der Waals surface area contributed by atoms with Gasteiger partial charge >= 0.3 is 7.60 Å². The molecule has 0 radical (unpaired) electrons. The van der Waals surface area contributed by atoms with Crippen LogP contribution in [0.15, 0.2) is 18.2 Å². The number of hydrogen-bond acceptors (Lipinski definition) is 2. The average Bonchev–Trinajstić information content (AvgIpc) is 2.26. The molecule has 96 valence electrons. The van der Waals surface area contributed by atoms with Crippen LogP contribution in [0, 0.1) is 6.92 Å². The van der Waals surface area contributed by atoms with Crippen molar-refractivity contribution in [3.05, 3.63) is 29.3 Å². The Morgan fingerprint density at radius 2 is 2.06 bits per heavy atom. The zero-order chi connectivity index (χ0) is 12.9. The van der Waals surface area contributed by atoms with Gasteiger partial charge in [0.15, 0.2) is 0 Å². The molecule has 1 aromatic carbocycles. The van der Waals surface area contributed by atoms with Gasteiger partial charge in [-0.15, -0.1) is 0 Å². The van der Waals surface area contributed by atoms with Crippen molar-refractivity contribution >= 4 is 7.60 Å². The Morgan fingerprint density at radius 3 is 2.65 bits per heavy atom. The summed E-state index contributed by atoms with van der Waals surface area (Å²) in [6.07, 6.45) is 2.62. The zero-order valence-corrected chi connectivity index (χ0v) is 11.7. The molecule has 1 aromatic rings. The zero-order valence-electron chi connectivity index (χ0n) is 10.8. The van der Waals surface area contributed by atoms with Crippen molar-refractivity contribution < 1.29 is 14.0 Å². The highest BCUT2D eigenvalue weighted by Crippen LogP contribution is 2.44. The first kappa shape index (κ1) is 14.3. The molecule has 0 saturated heterocycles. The van der Waals surface area contributed by atoms with Crippen LogP contribution in [0.1, 0.15) is 37.8 Å². The Labute approximate surface area is 103 Å². The highest BCUT2D eigenvalue weighted by Gasteiger charge is 2.21. The maximum Gasteiger partial charge on any atom is 0.376 e. The first-order chi connectivity index (χ1) is 8.00. The molecule has 1 rings (SSSR count). The Morgan fingerprint density at radius 1 is 1.35 bits per heavy atom. The highest BCUT2D eigenvalue weighted by atomic mass is 31.2. The number of unbranched alkanes of at least 4 members (excludes halogenated alkanes) is 1. The molecule has 0 fully saturated rings. The molecular formula is C13H21O3P. The summed E-state index contributed by atoms with van der Waals surface area (Å²) in [7, 11) is -3.49. The van der Waals surface area contributed by atoms with Crippen molar-refractivity contribution in [1.82, 2.24) is 0 Å². The SMILES string of the molecule is CCCCP(=O)(O)Oc1cccc(C)c1CC. The van der Waals surface area contributed by atoms with E-state index in [-0.39, 0.29) is 6.16 Å². The molecule has 1 atom stereocenters. The van der Waals surface area contributed by atoms with Crippen molar-refractivity contribution in [3.63, 3.8) is 0 Å². The Balaban J connectivity index is 2.87. The highest BCUT2D eigenvalue weighted by molar-refractivity contribution is 7.53. The van der Waals surface area contributed by atoms with Crippen LogP contribution in [0.25, 0.3) is 0 Å². The van der Waals surface area contributed by atoms with Gasteiger partial charge in [0.2, 0.25) is 0 Å². The molecule has 0 spiro atoms. The van der Waals surface area contributed by atoms with Gasteiger partial charge < -0.3 is 9.42 Å². The van der Waals surface area contributed by atoms with Crippen LogP contribution in [0.3, 0.4) is 0 Å². The summed E-state index contributed by atoms with van der Waals surface area (Å²) in [4.78, 5) is 9.74. The molecule has 0 bridgehead atoms. The van der Waals surface area contributed by atoms with Gasteiger partial charge in [-0.25, -0.2) is 4.57 Å². The van der Waals surface area contributed by atoms with Gasteiger partial charge in [0.1, 0.15) is 5.75 Å². The summed E-state index contributed by atoms with van der Waals surface area (Å²) in [5.41, 5.74) is 2.11. The summed E-state index contributed by atoms with van der Waals surface area (Å²) in [5, 5.41) is 0. The first-order valence-electron chi connectivity index (χ1n) is 6.10. The van der Waals surface area contributed by atoms with Crippen molar-refractivity contribution in [2.75, 3.05) is 6.16 Å². The van der Waals surface area contributed by atoms with Crippen LogP contribution in [-0.4, -0.2) is 11.1 Å². The van der Waals surface area contributed by atoms with Gasteiger partial charge in [-0.2, -0.15) is 0 Å². The summed E-state index contributed by atoms with van der Waals surface area (Å²) in [6.45, 7) is 5.99. The number of hydrogen-bond donors (Lipinski definition) is 1. The van der Waals surface area contributed by atoms with Gasteiger partial charge in [0.25, 0.3) is 0 Å². The minimum absolute atomic E-state index is 0.223. The topological polar surface area (TPSA) is 46.5 Å². The molecule has 1 unspecified atom stereocenters. The maximum absolute atomic E-state index is 11.9. The van der Waals surface area contributed by atoms with E-state index in [9.17, 15) is 9.46 Å². The molecule has 17 heavy (non-hydrogen) atoms. The summed E-state index contributed by atoms with van der Waals surface area (Å²) in [6, 6.07) is 5.60. The van der Waals surface area contributed by atoms with Crippen molar-refractivity contribution in [2.45, 2.75) is 40.0 Å². The summed E-state index contributed by atoms with van der Waals surface area (Å²) >= 11 is 0. The number of rotatable bonds is 6. The molecule has 3 nitrogen and oxygen atoms in total. The van der Waals surface area contributed by atoms with Gasteiger partial charge in [0.05, 0.1) is 6.16 Å². The van der Waals surface area contributed by atoms with Crippen molar-refractivity contribution in [2.24, 2.45) is 0 Å². The minimum Gasteiger partial charge on any atom is -0.424 e. The van der Waals surface area contributed by atoms with E-state index >= 15 is 0 Å². The smallest absolute Gasteiger partial charge is 0.376 e. The second-order valence-corrected chi connectivity index (χ2v) is 6.12. The lowest BCUT2D eigenvalue weighted by Gasteiger charge is -2.16. The van der Waals surface area contributed by atoms with Crippen LogP contribution in [0.2, 0.25) is 0 Å². The Bertz CT molecular complexity index is 415. The lowest BCUT2D eigenvalue weighted by atomic mass is 10.1. The van der Waals surface area contributed by atoms with Gasteiger partial charge in [-0.05, 0) is 37.0 Å². The lowest BCUT2D eigenvalue weighted by molar-refractivity contribution is 0.376. The van der Waals surface area contributed by atoms with Crippen molar-refractivity contribution in [3.8, 4) is 5.75 Å². The van der Waals surface area contributed by atoms with E-state index in [1.54, 1.807) is 6.07 Å². The van der Waals surface area contributed by atoms with Crippen LogP contribution in [0.5, 0.6) is 5.75 Å². The summed E-state index contributed by atoms with van der Waals surface area (Å²) < 4.78 is 17.2. The minimum atomic E-state index is -3.49. The molecule has 1 N–H and O–H groups in total. The van der Waals surface area contributed by atoms with Gasteiger partial charge in [0, 0.05) is 0 Å². The molecule has 0 heterocycles. The van der Waals surface area contributed by atoms with Crippen molar-refractivity contribution in [1.29, 1.82) is 0 Å². The predicted octanol–water partition coefficient (Wildman–Crippen LogP) is 3.92. The van der Waals surface area contributed by atoms with E-state index in [0.717, 1.165) is 24.0 Å². The van der Waals surface area contributed by atoms with E-state index in [4.69, 9.17) is 4.52 Å². The molecule has 0 aliphatic heterocycles. The monoisotopic (exact) mass is 256 g/mol. The fourth-order valence-electron chi connectivity index (χ4n) is 1.77. The number of benzene rings is 1. The average molecular weight is 256 g/mol. The van der Waals surface area contributed by atoms with Crippen LogP contribution < -0.4 is 4.52 Å². The Kier molecular flexibility index (Phi) is 5.23. The normalized spacial score (nSPS) is 14.4. The third-order valence-electron chi connectivity index (χ3n) is 2.76. The molecule has 4 heteroatoms. The fourth-order valence-corrected chi connectivity index (χ4v) is 3.06. The standard InChI is InChI=1S/C13H21O3P/c1-4-6-10-17(14,15)16-13-9-7-8-11(3)12(13)5-2/h7-9H,4-6,10H2,1-3H3,(H,14,15). The second kappa shape index (κ2) is 6.23. The molecule has 0 aliphatic carbocycles. The molecule has 0 amide bonds. The van der Waals surface area contributed by atoms with E-state index in [1.165, 1.54) is 0 Å². The number of aryl methyl sites for hydroxylation is 1. The third kappa shape index (κ3) is 4.18. The van der Waals surface area contributed by atoms with E-state index < -0.39 is 7.60 Å². The van der Waals surface area contributed by atoms with Crippen LogP contribution >= 0.6 is 7.60 Å². The van der Waals surface area contributed by atoms with E-state index in [0.29, 0.717) is 12.2 Å². The molecule has 0 aromatic heterocycles. The molecule has 0 saturated carbocycles. The quantitative estimate of drug-likeness (QED) is 0.784. The molecule has 0 aliphatic rings.